The number of rotatable bonds is 7. The number of carbonyl (C=O) groups excluding carboxylic acids is 2. The topological polar surface area (TPSA) is 107 Å². The standard InChI is InChI=1S/C19H21BrN2O5S/c1-13(2)22(11-14-6-4-3-5-7-14)18(23)12-27-19(24)16-10-15(28(21,25)26)8-9-17(16)20/h3-10,13H,11-12H2,1-2H3,(H2,21,25,26). The van der Waals surface area contributed by atoms with Crippen molar-refractivity contribution in [2.75, 3.05) is 6.61 Å². The lowest BCUT2D eigenvalue weighted by Crippen LogP contribution is -2.39. The van der Waals surface area contributed by atoms with Crippen LogP contribution in [0.5, 0.6) is 0 Å². The summed E-state index contributed by atoms with van der Waals surface area (Å²) in [5, 5.41) is 5.09. The zero-order valence-electron chi connectivity index (χ0n) is 15.5. The van der Waals surface area contributed by atoms with Crippen molar-refractivity contribution in [2.45, 2.75) is 31.3 Å². The summed E-state index contributed by atoms with van der Waals surface area (Å²) in [6.07, 6.45) is 0. The Morgan fingerprint density at radius 2 is 1.79 bits per heavy atom. The van der Waals surface area contributed by atoms with Gasteiger partial charge in [-0.1, -0.05) is 30.3 Å². The second kappa shape index (κ2) is 9.31. The maximum Gasteiger partial charge on any atom is 0.339 e. The third-order valence-electron chi connectivity index (χ3n) is 3.95. The van der Waals surface area contributed by atoms with Crippen LogP contribution in [-0.2, 0) is 26.1 Å². The molecule has 0 spiro atoms. The van der Waals surface area contributed by atoms with E-state index in [2.05, 4.69) is 15.9 Å². The zero-order valence-corrected chi connectivity index (χ0v) is 17.9. The molecule has 0 saturated heterocycles. The Morgan fingerprint density at radius 3 is 2.36 bits per heavy atom. The van der Waals surface area contributed by atoms with Gasteiger partial charge in [-0.2, -0.15) is 0 Å². The molecule has 0 bridgehead atoms. The molecule has 2 N–H and O–H groups in total. The van der Waals surface area contributed by atoms with Gasteiger partial charge in [0.2, 0.25) is 10.0 Å². The number of sulfonamides is 1. The van der Waals surface area contributed by atoms with Crippen molar-refractivity contribution in [1.82, 2.24) is 4.90 Å². The quantitative estimate of drug-likeness (QED) is 0.628. The van der Waals surface area contributed by atoms with Crippen LogP contribution in [0.1, 0.15) is 29.8 Å². The Bertz CT molecular complexity index is 962. The van der Waals surface area contributed by atoms with Crippen molar-refractivity contribution in [3.63, 3.8) is 0 Å². The minimum absolute atomic E-state index is 0.0292. The van der Waals surface area contributed by atoms with Gasteiger partial charge in [0.05, 0.1) is 10.5 Å². The number of halogens is 1. The van der Waals surface area contributed by atoms with Gasteiger partial charge in [-0.25, -0.2) is 18.4 Å². The van der Waals surface area contributed by atoms with Crippen molar-refractivity contribution in [3.05, 3.63) is 64.1 Å². The molecule has 1 amide bonds. The summed E-state index contributed by atoms with van der Waals surface area (Å²) in [6.45, 7) is 3.67. The summed E-state index contributed by atoms with van der Waals surface area (Å²) < 4.78 is 28.4. The Kier molecular flexibility index (Phi) is 7.34. The molecule has 7 nitrogen and oxygen atoms in total. The highest BCUT2D eigenvalue weighted by Gasteiger charge is 2.21. The van der Waals surface area contributed by atoms with Crippen LogP contribution in [0.4, 0.5) is 0 Å². The smallest absolute Gasteiger partial charge is 0.339 e. The van der Waals surface area contributed by atoms with E-state index in [0.29, 0.717) is 11.0 Å². The van der Waals surface area contributed by atoms with Gasteiger partial charge in [-0.3, -0.25) is 4.79 Å². The van der Waals surface area contributed by atoms with E-state index in [9.17, 15) is 18.0 Å². The van der Waals surface area contributed by atoms with E-state index in [0.717, 1.165) is 11.6 Å². The van der Waals surface area contributed by atoms with Gasteiger partial charge in [0.25, 0.3) is 5.91 Å². The average Bonchev–Trinajstić information content (AvgIpc) is 2.64. The van der Waals surface area contributed by atoms with E-state index in [-0.39, 0.29) is 22.4 Å². The molecule has 2 aromatic carbocycles. The van der Waals surface area contributed by atoms with Crippen molar-refractivity contribution in [3.8, 4) is 0 Å². The summed E-state index contributed by atoms with van der Waals surface area (Å²) in [6, 6.07) is 13.1. The predicted octanol–water partition coefficient (Wildman–Crippen LogP) is 2.69. The van der Waals surface area contributed by atoms with Crippen LogP contribution in [0.25, 0.3) is 0 Å². The number of hydrogen-bond donors (Lipinski definition) is 1. The molecule has 0 atom stereocenters. The number of carbonyl (C=O) groups is 2. The van der Waals surface area contributed by atoms with Crippen LogP contribution in [0.15, 0.2) is 57.9 Å². The number of nitrogens with zero attached hydrogens (tertiary/aromatic N) is 1. The largest absolute Gasteiger partial charge is 0.452 e. The molecule has 2 aromatic rings. The lowest BCUT2D eigenvalue weighted by Gasteiger charge is -2.26. The summed E-state index contributed by atoms with van der Waals surface area (Å²) in [4.78, 5) is 26.3. The van der Waals surface area contributed by atoms with E-state index in [1.807, 2.05) is 44.2 Å². The van der Waals surface area contributed by atoms with Gasteiger partial charge in [0.1, 0.15) is 0 Å². The minimum atomic E-state index is -3.97. The molecule has 0 aliphatic heterocycles. The number of hydrogen-bond acceptors (Lipinski definition) is 5. The van der Waals surface area contributed by atoms with Crippen LogP contribution in [0, 0.1) is 0 Å². The monoisotopic (exact) mass is 468 g/mol. The molecule has 2 rings (SSSR count). The normalized spacial score (nSPS) is 11.3. The third-order valence-corrected chi connectivity index (χ3v) is 5.55. The fourth-order valence-corrected chi connectivity index (χ4v) is 3.41. The van der Waals surface area contributed by atoms with E-state index < -0.39 is 22.6 Å². The molecule has 28 heavy (non-hydrogen) atoms. The molecule has 0 aliphatic rings. The van der Waals surface area contributed by atoms with E-state index in [1.54, 1.807) is 4.90 Å². The maximum absolute atomic E-state index is 12.6. The van der Waals surface area contributed by atoms with Gasteiger partial charge < -0.3 is 9.64 Å². The first-order chi connectivity index (χ1) is 13.1. The van der Waals surface area contributed by atoms with Crippen molar-refractivity contribution in [1.29, 1.82) is 0 Å². The number of esters is 1. The van der Waals surface area contributed by atoms with Crippen LogP contribution < -0.4 is 5.14 Å². The highest BCUT2D eigenvalue weighted by molar-refractivity contribution is 9.10. The third kappa shape index (κ3) is 5.88. The average molecular weight is 469 g/mol. The molecule has 0 heterocycles. The first-order valence-corrected chi connectivity index (χ1v) is 10.8. The van der Waals surface area contributed by atoms with E-state index in [4.69, 9.17) is 9.88 Å². The lowest BCUT2D eigenvalue weighted by atomic mass is 10.2. The molecule has 0 radical (unpaired) electrons. The molecule has 0 unspecified atom stereocenters. The Morgan fingerprint density at radius 1 is 1.14 bits per heavy atom. The summed E-state index contributed by atoms with van der Waals surface area (Å²) in [5.74, 6) is -1.18. The van der Waals surface area contributed by atoms with Crippen molar-refractivity contribution in [2.24, 2.45) is 5.14 Å². The number of primary sulfonamides is 1. The van der Waals surface area contributed by atoms with Gasteiger partial charge in [-0.15, -0.1) is 0 Å². The van der Waals surface area contributed by atoms with E-state index >= 15 is 0 Å². The Labute approximate surface area is 172 Å². The fraction of sp³-hybridized carbons (Fsp3) is 0.263. The van der Waals surface area contributed by atoms with Crippen LogP contribution in [-0.4, -0.2) is 37.8 Å². The lowest BCUT2D eigenvalue weighted by molar-refractivity contribution is -0.136. The Balaban J connectivity index is 2.09. The second-order valence-electron chi connectivity index (χ2n) is 6.36. The van der Waals surface area contributed by atoms with Crippen molar-refractivity contribution < 1.29 is 22.7 Å². The molecule has 0 aliphatic carbocycles. The summed E-state index contributed by atoms with van der Waals surface area (Å²) >= 11 is 3.17. The number of nitrogens with two attached hydrogens (primary N) is 1. The summed E-state index contributed by atoms with van der Waals surface area (Å²) in [5.41, 5.74) is 0.929. The van der Waals surface area contributed by atoms with Gasteiger partial charge in [0.15, 0.2) is 6.61 Å². The number of benzene rings is 2. The molecule has 0 aromatic heterocycles. The highest BCUT2D eigenvalue weighted by atomic mass is 79.9. The van der Waals surface area contributed by atoms with Crippen LogP contribution in [0.2, 0.25) is 0 Å². The van der Waals surface area contributed by atoms with Crippen LogP contribution in [0.3, 0.4) is 0 Å². The van der Waals surface area contributed by atoms with E-state index in [1.165, 1.54) is 12.1 Å². The van der Waals surface area contributed by atoms with Crippen molar-refractivity contribution >= 4 is 37.8 Å². The molecule has 0 fully saturated rings. The molecule has 150 valence electrons. The predicted molar refractivity (Wildman–Crippen MR) is 108 cm³/mol. The molecule has 9 heteroatoms. The maximum atomic E-state index is 12.6. The minimum Gasteiger partial charge on any atom is -0.452 e. The highest BCUT2D eigenvalue weighted by Crippen LogP contribution is 2.21. The molecule has 0 saturated carbocycles. The SMILES string of the molecule is CC(C)N(Cc1ccccc1)C(=O)COC(=O)c1cc(S(N)(=O)=O)ccc1Br. The fourth-order valence-electron chi connectivity index (χ4n) is 2.46. The summed E-state index contributed by atoms with van der Waals surface area (Å²) in [7, 11) is -3.97. The first kappa shape index (κ1) is 22.1. The van der Waals surface area contributed by atoms with Crippen LogP contribution >= 0.6 is 15.9 Å². The van der Waals surface area contributed by atoms with Gasteiger partial charge in [0, 0.05) is 17.1 Å². The molecular weight excluding hydrogens is 448 g/mol. The van der Waals surface area contributed by atoms with Gasteiger partial charge in [-0.05, 0) is 53.5 Å². The van der Waals surface area contributed by atoms with Gasteiger partial charge >= 0.3 is 5.97 Å². The first-order valence-electron chi connectivity index (χ1n) is 8.42. The Hall–Kier alpha value is -2.23. The number of ether oxygens (including phenoxy) is 1. The molecular formula is C19H21BrN2O5S. The number of amides is 1. The zero-order chi connectivity index (χ0) is 20.9. The second-order valence-corrected chi connectivity index (χ2v) is 8.78.